The largest absolute Gasteiger partial charge is 0.492 e. The number of para-hydroxylation sites is 2. The Kier molecular flexibility index (Phi) is 7.55. The summed E-state index contributed by atoms with van der Waals surface area (Å²) in [6.45, 7) is 6.76. The van der Waals surface area contributed by atoms with Crippen molar-refractivity contribution in [1.29, 1.82) is 0 Å². The molecule has 1 amide bonds. The molecule has 158 valence electrons. The van der Waals surface area contributed by atoms with Gasteiger partial charge in [0.25, 0.3) is 5.56 Å². The molecule has 0 saturated carbocycles. The first-order valence-corrected chi connectivity index (χ1v) is 11.5. The van der Waals surface area contributed by atoms with Gasteiger partial charge in [-0.15, -0.1) is 0 Å². The number of halogens is 1. The quantitative estimate of drug-likeness (QED) is 0.352. The van der Waals surface area contributed by atoms with E-state index < -0.39 is 5.25 Å². The number of hydrogen-bond donors (Lipinski definition) is 1. The van der Waals surface area contributed by atoms with E-state index >= 15 is 0 Å². The first-order chi connectivity index (χ1) is 14.4. The fourth-order valence-corrected chi connectivity index (χ4v) is 4.28. The highest BCUT2D eigenvalue weighted by molar-refractivity contribution is 9.10. The van der Waals surface area contributed by atoms with Gasteiger partial charge >= 0.3 is 0 Å². The Labute approximate surface area is 188 Å². The Balaban J connectivity index is 1.88. The average molecular weight is 490 g/mol. The molecule has 0 aliphatic rings. The van der Waals surface area contributed by atoms with Crippen LogP contribution in [-0.4, -0.2) is 27.3 Å². The number of fused-ring (bicyclic) bond motifs is 1. The number of nitrogens with one attached hydrogen (secondary N) is 1. The Bertz CT molecular complexity index is 1120. The van der Waals surface area contributed by atoms with Gasteiger partial charge in [-0.3, -0.25) is 14.2 Å². The number of rotatable bonds is 8. The molecule has 0 fully saturated rings. The Morgan fingerprint density at radius 3 is 2.77 bits per heavy atom. The molecule has 1 aromatic heterocycles. The highest BCUT2D eigenvalue weighted by Crippen LogP contribution is 2.27. The van der Waals surface area contributed by atoms with Crippen molar-refractivity contribution in [2.24, 2.45) is 0 Å². The number of amides is 1. The number of thioether (sulfide) groups is 1. The molecule has 0 bridgehead atoms. The lowest BCUT2D eigenvalue weighted by molar-refractivity contribution is -0.115. The second kappa shape index (κ2) is 10.1. The third-order valence-electron chi connectivity index (χ3n) is 4.42. The number of benzene rings is 2. The van der Waals surface area contributed by atoms with Crippen LogP contribution in [0.3, 0.4) is 0 Å². The van der Waals surface area contributed by atoms with Crippen LogP contribution in [0.1, 0.15) is 27.2 Å². The molecule has 6 nitrogen and oxygen atoms in total. The fourth-order valence-electron chi connectivity index (χ4n) is 2.98. The molecule has 2 aromatic carbocycles. The lowest BCUT2D eigenvalue weighted by atomic mass is 10.2. The molecule has 1 unspecified atom stereocenters. The third kappa shape index (κ3) is 5.05. The zero-order chi connectivity index (χ0) is 21.7. The molecule has 0 aliphatic heterocycles. The fraction of sp³-hybridized carbons (Fsp3) is 0.318. The van der Waals surface area contributed by atoms with E-state index in [2.05, 4.69) is 26.2 Å². The van der Waals surface area contributed by atoms with E-state index in [9.17, 15) is 9.59 Å². The molecule has 8 heteroatoms. The van der Waals surface area contributed by atoms with Crippen LogP contribution < -0.4 is 15.6 Å². The molecule has 30 heavy (non-hydrogen) atoms. The second-order valence-corrected chi connectivity index (χ2v) is 8.91. The van der Waals surface area contributed by atoms with Gasteiger partial charge in [-0.1, -0.05) is 46.7 Å². The summed E-state index contributed by atoms with van der Waals surface area (Å²) in [5, 5.41) is 3.56. The van der Waals surface area contributed by atoms with Gasteiger partial charge in [0.15, 0.2) is 5.16 Å². The molecule has 1 N–H and O–H groups in total. The number of carbonyl (C=O) groups excluding carboxylic acids is 1. The number of nitrogens with zero attached hydrogens (tertiary/aromatic N) is 2. The van der Waals surface area contributed by atoms with Crippen molar-refractivity contribution in [3.05, 3.63) is 57.3 Å². The summed E-state index contributed by atoms with van der Waals surface area (Å²) in [5.41, 5.74) is 1.14. The van der Waals surface area contributed by atoms with Crippen LogP contribution in [0.5, 0.6) is 5.75 Å². The minimum Gasteiger partial charge on any atom is -0.492 e. The maximum atomic E-state index is 13.0. The number of carbonyl (C=O) groups is 1. The van der Waals surface area contributed by atoms with E-state index in [0.717, 1.165) is 10.9 Å². The summed E-state index contributed by atoms with van der Waals surface area (Å²) in [7, 11) is 0. The van der Waals surface area contributed by atoms with Gasteiger partial charge in [0.1, 0.15) is 5.75 Å². The van der Waals surface area contributed by atoms with Crippen molar-refractivity contribution >= 4 is 50.2 Å². The standard InChI is InChI=1S/C22H24BrN3O3S/c1-4-12-26-21(28)16-13-15(23)10-11-17(16)25-22(26)30-14(3)20(27)24-18-8-6-7-9-19(18)29-5-2/h6-11,13-14H,4-5,12H2,1-3H3,(H,24,27). The molecule has 1 atom stereocenters. The van der Waals surface area contributed by atoms with Gasteiger partial charge in [0.2, 0.25) is 5.91 Å². The number of ether oxygens (including phenoxy) is 1. The first-order valence-electron chi connectivity index (χ1n) is 9.84. The molecular weight excluding hydrogens is 466 g/mol. The zero-order valence-electron chi connectivity index (χ0n) is 17.1. The van der Waals surface area contributed by atoms with Gasteiger partial charge in [-0.05, 0) is 50.6 Å². The predicted molar refractivity (Wildman–Crippen MR) is 126 cm³/mol. The monoisotopic (exact) mass is 489 g/mol. The van der Waals surface area contributed by atoms with Crippen LogP contribution in [0, 0.1) is 0 Å². The Hall–Kier alpha value is -2.32. The first kappa shape index (κ1) is 22.4. The lowest BCUT2D eigenvalue weighted by Gasteiger charge is -2.17. The third-order valence-corrected chi connectivity index (χ3v) is 6.01. The van der Waals surface area contributed by atoms with Gasteiger partial charge in [0.05, 0.1) is 28.4 Å². The lowest BCUT2D eigenvalue weighted by Crippen LogP contribution is -2.27. The predicted octanol–water partition coefficient (Wildman–Crippen LogP) is 5.09. The van der Waals surface area contributed by atoms with Gasteiger partial charge in [0, 0.05) is 11.0 Å². The molecule has 1 heterocycles. The van der Waals surface area contributed by atoms with E-state index in [-0.39, 0.29) is 11.5 Å². The number of anilines is 1. The van der Waals surface area contributed by atoms with E-state index in [1.807, 2.05) is 44.2 Å². The average Bonchev–Trinajstić information content (AvgIpc) is 2.73. The molecule has 0 radical (unpaired) electrons. The highest BCUT2D eigenvalue weighted by Gasteiger charge is 2.20. The summed E-state index contributed by atoms with van der Waals surface area (Å²) in [6, 6.07) is 12.8. The van der Waals surface area contributed by atoms with Crippen LogP contribution in [0.2, 0.25) is 0 Å². The number of aromatic nitrogens is 2. The van der Waals surface area contributed by atoms with Crippen molar-refractivity contribution in [3.63, 3.8) is 0 Å². The van der Waals surface area contributed by atoms with Crippen molar-refractivity contribution in [3.8, 4) is 5.75 Å². The molecule has 0 spiro atoms. The van der Waals surface area contributed by atoms with Crippen molar-refractivity contribution in [1.82, 2.24) is 9.55 Å². The summed E-state index contributed by atoms with van der Waals surface area (Å²) in [6.07, 6.45) is 0.789. The number of hydrogen-bond acceptors (Lipinski definition) is 5. The summed E-state index contributed by atoms with van der Waals surface area (Å²) < 4.78 is 8.06. The van der Waals surface area contributed by atoms with Gasteiger partial charge in [-0.2, -0.15) is 0 Å². The van der Waals surface area contributed by atoms with Crippen molar-refractivity contribution < 1.29 is 9.53 Å². The maximum absolute atomic E-state index is 13.0. The molecule has 3 rings (SSSR count). The molecule has 3 aromatic rings. The molecular formula is C22H24BrN3O3S. The zero-order valence-corrected chi connectivity index (χ0v) is 19.5. The van der Waals surface area contributed by atoms with Crippen LogP contribution in [0.25, 0.3) is 10.9 Å². The van der Waals surface area contributed by atoms with Gasteiger partial charge < -0.3 is 10.1 Å². The van der Waals surface area contributed by atoms with E-state index in [0.29, 0.717) is 40.6 Å². The normalized spacial score (nSPS) is 12.0. The SMILES string of the molecule is CCCn1c(SC(C)C(=O)Nc2ccccc2OCC)nc2ccc(Br)cc2c1=O. The highest BCUT2D eigenvalue weighted by atomic mass is 79.9. The topological polar surface area (TPSA) is 73.2 Å². The smallest absolute Gasteiger partial charge is 0.262 e. The summed E-state index contributed by atoms with van der Waals surface area (Å²) in [4.78, 5) is 30.5. The van der Waals surface area contributed by atoms with Crippen LogP contribution in [0.15, 0.2) is 56.9 Å². The van der Waals surface area contributed by atoms with Crippen molar-refractivity contribution in [2.45, 2.75) is 44.1 Å². The Morgan fingerprint density at radius 1 is 1.27 bits per heavy atom. The minimum absolute atomic E-state index is 0.0973. The Morgan fingerprint density at radius 2 is 2.03 bits per heavy atom. The van der Waals surface area contributed by atoms with E-state index in [1.54, 1.807) is 23.6 Å². The van der Waals surface area contributed by atoms with E-state index in [1.165, 1.54) is 11.8 Å². The summed E-state index contributed by atoms with van der Waals surface area (Å²) in [5.74, 6) is 0.447. The maximum Gasteiger partial charge on any atom is 0.262 e. The summed E-state index contributed by atoms with van der Waals surface area (Å²) >= 11 is 4.69. The minimum atomic E-state index is -0.456. The second-order valence-electron chi connectivity index (χ2n) is 6.69. The molecule has 0 saturated heterocycles. The van der Waals surface area contributed by atoms with Crippen LogP contribution >= 0.6 is 27.7 Å². The van der Waals surface area contributed by atoms with Crippen LogP contribution in [0.4, 0.5) is 5.69 Å². The molecule has 0 aliphatic carbocycles. The van der Waals surface area contributed by atoms with E-state index in [4.69, 9.17) is 4.74 Å². The van der Waals surface area contributed by atoms with Crippen LogP contribution in [-0.2, 0) is 11.3 Å². The van der Waals surface area contributed by atoms with Gasteiger partial charge in [-0.25, -0.2) is 4.98 Å². The van der Waals surface area contributed by atoms with Crippen molar-refractivity contribution in [2.75, 3.05) is 11.9 Å².